The molecule has 0 atom stereocenters. The van der Waals surface area contributed by atoms with E-state index in [1.807, 2.05) is 56.4 Å². The molecule has 3 heteroatoms. The van der Waals surface area contributed by atoms with Crippen LogP contribution in [0.2, 0.25) is 0 Å². The maximum atomic E-state index is 4.34. The minimum atomic E-state index is 0.961. The summed E-state index contributed by atoms with van der Waals surface area (Å²) < 4.78 is 3.79. The summed E-state index contributed by atoms with van der Waals surface area (Å²) in [5.41, 5.74) is 4.44. The Balaban J connectivity index is 0.000000184. The summed E-state index contributed by atoms with van der Waals surface area (Å²) in [4.78, 5) is 4.10. The molecule has 0 fully saturated rings. The Kier molecular flexibility index (Phi) is 6.45. The standard InChI is InChI=1S/C8H9N.C7H9N.Ni/c1-6-4-3-5-7(2)8(6)9;1-2-7-5-3-4-6-8-7;/h3-5H,1-2H3;3-6H,2H2,1H3;. The normalized spacial score (nSPS) is 9.39. The van der Waals surface area contributed by atoms with Crippen LogP contribution in [0.4, 0.5) is 5.69 Å². The van der Waals surface area contributed by atoms with Crippen molar-refractivity contribution in [3.63, 3.8) is 0 Å². The van der Waals surface area contributed by atoms with Crippen molar-refractivity contribution in [3.05, 3.63) is 59.4 Å². The Morgan fingerprint density at radius 3 is 2.06 bits per heavy atom. The Hall–Kier alpha value is -1.34. The monoisotopic (exact) mass is 284 g/mol. The molecular weight excluding hydrogens is 267 g/mol. The minimum absolute atomic E-state index is 0.961. The Bertz CT molecular complexity index is 475. The van der Waals surface area contributed by atoms with Crippen molar-refractivity contribution in [1.29, 1.82) is 0 Å². The molecule has 0 N–H and O–H groups in total. The number of benzene rings is 1. The van der Waals surface area contributed by atoms with E-state index in [9.17, 15) is 0 Å². The van der Waals surface area contributed by atoms with Crippen LogP contribution < -0.4 is 0 Å². The second-order valence-electron chi connectivity index (χ2n) is 3.99. The third kappa shape index (κ3) is 4.50. The summed E-state index contributed by atoms with van der Waals surface area (Å²) in [6.07, 6.45) is 2.85. The van der Waals surface area contributed by atoms with Crippen molar-refractivity contribution in [3.8, 4) is 0 Å². The van der Waals surface area contributed by atoms with Crippen molar-refractivity contribution >= 4 is 5.69 Å². The Morgan fingerprint density at radius 1 is 1.06 bits per heavy atom. The molecule has 0 unspecified atom stereocenters. The summed E-state index contributed by atoms with van der Waals surface area (Å²) in [6.45, 7) is 6.14. The average molecular weight is 285 g/mol. The van der Waals surface area contributed by atoms with Gasteiger partial charge in [-0.1, -0.05) is 13.0 Å². The maximum absolute atomic E-state index is 4.34. The fourth-order valence-corrected chi connectivity index (χ4v) is 1.87. The van der Waals surface area contributed by atoms with Crippen LogP contribution in [0.3, 0.4) is 0 Å². The first-order chi connectivity index (χ1) is 8.69. The van der Waals surface area contributed by atoms with E-state index in [2.05, 4.69) is 31.2 Å². The van der Waals surface area contributed by atoms with Crippen LogP contribution in [0.5, 0.6) is 0 Å². The summed E-state index contributed by atoms with van der Waals surface area (Å²) in [6, 6.07) is 12.0. The van der Waals surface area contributed by atoms with Crippen LogP contribution in [0.25, 0.3) is 0 Å². The zero-order chi connectivity index (χ0) is 13.4. The van der Waals surface area contributed by atoms with Gasteiger partial charge in [0.05, 0.1) is 0 Å². The summed E-state index contributed by atoms with van der Waals surface area (Å²) in [5.74, 6) is 0. The molecule has 0 radical (unpaired) electrons. The molecule has 1 aromatic heterocycles. The SMILES string of the molecule is CCc1ccccn1.Cc1cccc(C)c1[N]=[Ni]. The molecule has 1 heterocycles. The molecular formula is C15H18N2Ni. The van der Waals surface area contributed by atoms with Gasteiger partial charge in [-0.25, -0.2) is 0 Å². The van der Waals surface area contributed by atoms with E-state index in [1.165, 1.54) is 0 Å². The molecule has 0 aliphatic heterocycles. The first kappa shape index (κ1) is 14.7. The van der Waals surface area contributed by atoms with Gasteiger partial charge >= 0.3 is 68.2 Å². The number of aryl methyl sites for hydroxylation is 3. The van der Waals surface area contributed by atoms with E-state index in [1.54, 1.807) is 0 Å². The van der Waals surface area contributed by atoms with Crippen molar-refractivity contribution in [2.75, 3.05) is 0 Å². The van der Waals surface area contributed by atoms with Crippen LogP contribution >= 0.6 is 0 Å². The summed E-state index contributed by atoms with van der Waals surface area (Å²) in [7, 11) is 0. The van der Waals surface area contributed by atoms with Crippen molar-refractivity contribution in [2.24, 2.45) is 4.03 Å². The molecule has 2 nitrogen and oxygen atoms in total. The fraction of sp³-hybridized carbons (Fsp3) is 0.267. The van der Waals surface area contributed by atoms with Crippen molar-refractivity contribution in [1.82, 2.24) is 4.98 Å². The predicted molar refractivity (Wildman–Crippen MR) is 71.6 cm³/mol. The van der Waals surface area contributed by atoms with Gasteiger partial charge in [0.25, 0.3) is 0 Å². The third-order valence-corrected chi connectivity index (χ3v) is 2.82. The zero-order valence-corrected chi connectivity index (χ0v) is 11.9. The number of hydrogen-bond acceptors (Lipinski definition) is 2. The van der Waals surface area contributed by atoms with E-state index in [0.717, 1.165) is 28.9 Å². The Morgan fingerprint density at radius 2 is 1.72 bits per heavy atom. The van der Waals surface area contributed by atoms with Gasteiger partial charge in [-0.2, -0.15) is 0 Å². The molecule has 0 amide bonds. The Labute approximate surface area is 117 Å². The van der Waals surface area contributed by atoms with Crippen molar-refractivity contribution < 1.29 is 15.3 Å². The topological polar surface area (TPSA) is 25.2 Å². The van der Waals surface area contributed by atoms with Gasteiger partial charge in [-0.3, -0.25) is 4.98 Å². The molecule has 2 aromatic rings. The molecule has 0 spiro atoms. The molecule has 1 aromatic carbocycles. The molecule has 18 heavy (non-hydrogen) atoms. The van der Waals surface area contributed by atoms with Gasteiger partial charge in [-0.05, 0) is 18.6 Å². The number of hydrogen-bond donors (Lipinski definition) is 0. The number of nitrogens with zero attached hydrogens (tertiary/aromatic N) is 2. The summed E-state index contributed by atoms with van der Waals surface area (Å²) in [5, 5.41) is 0. The molecule has 98 valence electrons. The van der Waals surface area contributed by atoms with Gasteiger partial charge in [0.1, 0.15) is 0 Å². The van der Waals surface area contributed by atoms with E-state index < -0.39 is 0 Å². The van der Waals surface area contributed by atoms with Crippen LogP contribution in [0, 0.1) is 13.8 Å². The van der Waals surface area contributed by atoms with Gasteiger partial charge in [0.15, 0.2) is 0 Å². The first-order valence-corrected chi connectivity index (χ1v) is 6.38. The molecule has 0 aliphatic carbocycles. The molecule has 0 saturated carbocycles. The van der Waals surface area contributed by atoms with Crippen LogP contribution in [-0.4, -0.2) is 4.98 Å². The average Bonchev–Trinajstić information content (AvgIpc) is 2.41. The molecule has 2 rings (SSSR count). The second kappa shape index (κ2) is 7.89. The van der Waals surface area contributed by atoms with Crippen LogP contribution in [0.1, 0.15) is 23.7 Å². The van der Waals surface area contributed by atoms with Gasteiger partial charge < -0.3 is 0 Å². The van der Waals surface area contributed by atoms with E-state index in [-0.39, 0.29) is 0 Å². The van der Waals surface area contributed by atoms with E-state index in [0.29, 0.717) is 0 Å². The second-order valence-corrected chi connectivity index (χ2v) is 4.21. The van der Waals surface area contributed by atoms with Gasteiger partial charge in [0.2, 0.25) is 0 Å². The molecule has 0 bridgehead atoms. The van der Waals surface area contributed by atoms with E-state index >= 15 is 0 Å². The van der Waals surface area contributed by atoms with Crippen molar-refractivity contribution in [2.45, 2.75) is 27.2 Å². The third-order valence-electron chi connectivity index (χ3n) is 2.60. The van der Waals surface area contributed by atoms with Gasteiger partial charge in [0, 0.05) is 11.9 Å². The van der Waals surface area contributed by atoms with E-state index in [4.69, 9.17) is 0 Å². The predicted octanol–water partition coefficient (Wildman–Crippen LogP) is 4.31. The number of aromatic nitrogens is 1. The number of rotatable bonds is 2. The summed E-state index contributed by atoms with van der Waals surface area (Å²) >= 11 is 4.34. The quantitative estimate of drug-likeness (QED) is 0.755. The molecule has 0 aliphatic rings. The van der Waals surface area contributed by atoms with Gasteiger partial charge in [-0.15, -0.1) is 0 Å². The fourth-order valence-electron chi connectivity index (χ4n) is 1.52. The number of pyridine rings is 1. The molecule has 0 saturated heterocycles. The van der Waals surface area contributed by atoms with Crippen LogP contribution in [0.15, 0.2) is 46.6 Å². The zero-order valence-electron chi connectivity index (χ0n) is 11.0. The van der Waals surface area contributed by atoms with Crippen LogP contribution in [-0.2, 0) is 21.7 Å². The first-order valence-electron chi connectivity index (χ1n) is 5.94.